The Morgan fingerprint density at radius 3 is 1.91 bits per heavy atom. The van der Waals surface area contributed by atoms with Gasteiger partial charge in [-0.3, -0.25) is 0 Å². The van der Waals surface area contributed by atoms with Crippen LogP contribution in [0.1, 0.15) is 71.1 Å². The van der Waals surface area contributed by atoms with Crippen molar-refractivity contribution in [1.82, 2.24) is 0 Å². The van der Waals surface area contributed by atoms with Crippen LogP contribution in [-0.4, -0.2) is 29.3 Å². The van der Waals surface area contributed by atoms with Crippen molar-refractivity contribution in [3.63, 3.8) is 0 Å². The van der Waals surface area contributed by atoms with Crippen LogP contribution in [-0.2, 0) is 9.47 Å². The van der Waals surface area contributed by atoms with Crippen LogP contribution in [0.3, 0.4) is 0 Å². The fourth-order valence-electron chi connectivity index (χ4n) is 4.47. The van der Waals surface area contributed by atoms with E-state index in [9.17, 15) is 0 Å². The highest BCUT2D eigenvalue weighted by Gasteiger charge is 2.32. The number of hydrogen-bond acceptors (Lipinski definition) is 2. The minimum atomic E-state index is 0.381. The molecule has 2 heterocycles. The van der Waals surface area contributed by atoms with Gasteiger partial charge in [-0.05, 0) is 49.9 Å². The third-order valence-corrected chi connectivity index (χ3v) is 7.18. The summed E-state index contributed by atoms with van der Waals surface area (Å²) >= 11 is 2.51. The van der Waals surface area contributed by atoms with E-state index >= 15 is 0 Å². The minimum Gasteiger partial charge on any atom is -0.375 e. The number of ether oxygens (including phenoxy) is 2. The van der Waals surface area contributed by atoms with Crippen LogP contribution in [0, 0.1) is 17.8 Å². The molecule has 1 saturated carbocycles. The van der Waals surface area contributed by atoms with Crippen molar-refractivity contribution < 1.29 is 9.47 Å². The Labute approximate surface area is 150 Å². The first-order valence-electron chi connectivity index (χ1n) is 9.58. The van der Waals surface area contributed by atoms with Gasteiger partial charge in [0, 0.05) is 10.5 Å². The van der Waals surface area contributed by atoms with Gasteiger partial charge in [0.2, 0.25) is 0 Å². The van der Waals surface area contributed by atoms with E-state index in [2.05, 4.69) is 29.5 Å². The van der Waals surface area contributed by atoms with Crippen molar-refractivity contribution >= 4 is 22.6 Å². The zero-order valence-electron chi connectivity index (χ0n) is 14.1. The minimum absolute atomic E-state index is 0.381. The Balaban J connectivity index is 1.32. The standard InChI is InChI=1S/C19H33IO2/c1-14-2-4-15(5-3-14)6-7-16-8-10-18(21-12-16)19-11-9-17(20)13-22-19/h14-19H,2-13H2,1H3. The average molecular weight is 420 g/mol. The molecule has 0 aromatic rings. The van der Waals surface area contributed by atoms with Gasteiger partial charge in [0.25, 0.3) is 0 Å². The van der Waals surface area contributed by atoms with E-state index in [1.54, 1.807) is 0 Å². The third kappa shape index (κ3) is 5.07. The van der Waals surface area contributed by atoms with Crippen LogP contribution in [0.4, 0.5) is 0 Å². The monoisotopic (exact) mass is 420 g/mol. The number of hydrogen-bond donors (Lipinski definition) is 0. The molecule has 0 amide bonds. The largest absolute Gasteiger partial charge is 0.375 e. The third-order valence-electron chi connectivity index (χ3n) is 6.19. The average Bonchev–Trinajstić information content (AvgIpc) is 2.56. The van der Waals surface area contributed by atoms with Gasteiger partial charge in [-0.25, -0.2) is 0 Å². The van der Waals surface area contributed by atoms with Crippen LogP contribution >= 0.6 is 22.6 Å². The maximum absolute atomic E-state index is 6.19. The predicted octanol–water partition coefficient (Wildman–Crippen LogP) is 5.37. The SMILES string of the molecule is CC1CCC(CCC2CCC(C3CCC(I)CO3)OC2)CC1. The molecule has 4 unspecified atom stereocenters. The molecule has 3 rings (SSSR count). The topological polar surface area (TPSA) is 18.5 Å². The molecular weight excluding hydrogens is 387 g/mol. The Bertz CT molecular complexity index is 311. The molecule has 3 fully saturated rings. The van der Waals surface area contributed by atoms with Gasteiger partial charge in [-0.1, -0.05) is 61.6 Å². The van der Waals surface area contributed by atoms with Crippen LogP contribution < -0.4 is 0 Å². The lowest BCUT2D eigenvalue weighted by Gasteiger charge is -2.37. The van der Waals surface area contributed by atoms with E-state index < -0.39 is 0 Å². The fourth-order valence-corrected chi connectivity index (χ4v) is 5.04. The van der Waals surface area contributed by atoms with E-state index in [1.807, 2.05) is 0 Å². The molecule has 3 aliphatic rings. The molecular formula is C19H33IO2. The molecule has 3 heteroatoms. The molecule has 0 aromatic carbocycles. The number of alkyl halides is 1. The first kappa shape index (κ1) is 17.5. The zero-order chi connectivity index (χ0) is 15.4. The van der Waals surface area contributed by atoms with E-state index in [1.165, 1.54) is 64.2 Å². The fraction of sp³-hybridized carbons (Fsp3) is 1.00. The first-order valence-corrected chi connectivity index (χ1v) is 10.8. The van der Waals surface area contributed by atoms with E-state index in [0.717, 1.165) is 31.0 Å². The predicted molar refractivity (Wildman–Crippen MR) is 99.6 cm³/mol. The molecule has 2 nitrogen and oxygen atoms in total. The molecule has 0 N–H and O–H groups in total. The zero-order valence-corrected chi connectivity index (χ0v) is 16.3. The van der Waals surface area contributed by atoms with Gasteiger partial charge in [0.1, 0.15) is 0 Å². The molecule has 1 aliphatic carbocycles. The van der Waals surface area contributed by atoms with Crippen molar-refractivity contribution in [2.75, 3.05) is 13.2 Å². The Morgan fingerprint density at radius 1 is 0.727 bits per heavy atom. The molecule has 0 spiro atoms. The lowest BCUT2D eigenvalue weighted by atomic mass is 9.79. The van der Waals surface area contributed by atoms with Crippen molar-refractivity contribution in [2.45, 2.75) is 87.3 Å². The summed E-state index contributed by atoms with van der Waals surface area (Å²) in [7, 11) is 0. The van der Waals surface area contributed by atoms with Crippen LogP contribution in [0.15, 0.2) is 0 Å². The highest BCUT2D eigenvalue weighted by molar-refractivity contribution is 14.1. The van der Waals surface area contributed by atoms with Crippen molar-refractivity contribution in [3.8, 4) is 0 Å². The Morgan fingerprint density at radius 2 is 1.32 bits per heavy atom. The molecule has 2 aliphatic heterocycles. The van der Waals surface area contributed by atoms with Crippen molar-refractivity contribution in [1.29, 1.82) is 0 Å². The number of rotatable bonds is 4. The lowest BCUT2D eigenvalue weighted by molar-refractivity contribution is -0.119. The normalized spacial score (nSPS) is 43.9. The molecule has 128 valence electrons. The second kappa shape index (κ2) is 8.66. The second-order valence-corrected chi connectivity index (χ2v) is 9.83. The van der Waals surface area contributed by atoms with Gasteiger partial charge in [-0.2, -0.15) is 0 Å². The molecule has 4 atom stereocenters. The quantitative estimate of drug-likeness (QED) is 0.450. The summed E-state index contributed by atoms with van der Waals surface area (Å²) in [5.41, 5.74) is 0. The molecule has 2 saturated heterocycles. The van der Waals surface area contributed by atoms with E-state index in [-0.39, 0.29) is 0 Å². The summed E-state index contributed by atoms with van der Waals surface area (Å²) in [6, 6.07) is 0. The van der Waals surface area contributed by atoms with Crippen molar-refractivity contribution in [2.24, 2.45) is 17.8 Å². The van der Waals surface area contributed by atoms with Gasteiger partial charge in [0.15, 0.2) is 0 Å². The summed E-state index contributed by atoms with van der Waals surface area (Å²) in [4.78, 5) is 0. The van der Waals surface area contributed by atoms with Crippen LogP contribution in [0.5, 0.6) is 0 Å². The maximum atomic E-state index is 6.19. The van der Waals surface area contributed by atoms with Crippen LogP contribution in [0.25, 0.3) is 0 Å². The summed E-state index contributed by atoms with van der Waals surface area (Å²) in [5.74, 6) is 2.81. The smallest absolute Gasteiger partial charge is 0.0837 e. The van der Waals surface area contributed by atoms with Gasteiger partial charge in [-0.15, -0.1) is 0 Å². The molecule has 0 bridgehead atoms. The Hall–Kier alpha value is 0.650. The maximum Gasteiger partial charge on any atom is 0.0837 e. The van der Waals surface area contributed by atoms with E-state index in [4.69, 9.17) is 9.47 Å². The highest BCUT2D eigenvalue weighted by atomic mass is 127. The van der Waals surface area contributed by atoms with Crippen molar-refractivity contribution in [3.05, 3.63) is 0 Å². The first-order chi connectivity index (χ1) is 10.7. The van der Waals surface area contributed by atoms with E-state index in [0.29, 0.717) is 16.1 Å². The molecule has 22 heavy (non-hydrogen) atoms. The van der Waals surface area contributed by atoms with Gasteiger partial charge in [0.05, 0.1) is 18.8 Å². The summed E-state index contributed by atoms with van der Waals surface area (Å²) < 4.78 is 12.9. The lowest BCUT2D eigenvalue weighted by Crippen LogP contribution is -2.40. The second-order valence-electron chi connectivity index (χ2n) is 8.06. The number of halogens is 1. The molecule has 0 radical (unpaired) electrons. The van der Waals surface area contributed by atoms with Crippen LogP contribution in [0.2, 0.25) is 0 Å². The highest BCUT2D eigenvalue weighted by Crippen LogP contribution is 2.35. The summed E-state index contributed by atoms with van der Waals surface area (Å²) in [5, 5.41) is 0. The molecule has 0 aromatic heterocycles. The Kier molecular flexibility index (Phi) is 6.88. The summed E-state index contributed by atoms with van der Waals surface area (Å²) in [6.07, 6.45) is 14.6. The van der Waals surface area contributed by atoms with Gasteiger partial charge >= 0.3 is 0 Å². The van der Waals surface area contributed by atoms with Gasteiger partial charge < -0.3 is 9.47 Å². The summed E-state index contributed by atoms with van der Waals surface area (Å²) in [6.45, 7) is 4.33.